The number of halogens is 2. The summed E-state index contributed by atoms with van der Waals surface area (Å²) in [6.45, 7) is 2.52. The minimum Gasteiger partial charge on any atom is -0.268 e. The van der Waals surface area contributed by atoms with Crippen molar-refractivity contribution in [3.05, 3.63) is 71.7 Å². The molecule has 21 heavy (non-hydrogen) atoms. The fourth-order valence-electron chi connectivity index (χ4n) is 2.14. The van der Waals surface area contributed by atoms with E-state index in [1.807, 2.05) is 25.3 Å². The fourth-order valence-corrected chi connectivity index (χ4v) is 2.14. The molecule has 0 unspecified atom stereocenters. The molecule has 0 aliphatic rings. The Labute approximate surface area is 120 Å². The summed E-state index contributed by atoms with van der Waals surface area (Å²) >= 11 is 0. The Bertz CT molecular complexity index is 767. The first-order valence-corrected chi connectivity index (χ1v) is 6.53. The molecule has 0 fully saturated rings. The summed E-state index contributed by atoms with van der Waals surface area (Å²) in [5, 5.41) is 4.15. The second-order valence-electron chi connectivity index (χ2n) is 4.77. The van der Waals surface area contributed by atoms with Gasteiger partial charge in [-0.25, -0.2) is 8.78 Å². The van der Waals surface area contributed by atoms with Crippen molar-refractivity contribution in [3.8, 4) is 11.3 Å². The number of benzene rings is 1. The van der Waals surface area contributed by atoms with Crippen LogP contribution in [0, 0.1) is 18.6 Å². The summed E-state index contributed by atoms with van der Waals surface area (Å²) in [5.41, 5.74) is 3.05. The van der Waals surface area contributed by atoms with Crippen molar-refractivity contribution in [1.82, 2.24) is 14.8 Å². The molecule has 0 aliphatic heterocycles. The Morgan fingerprint density at radius 1 is 1.10 bits per heavy atom. The van der Waals surface area contributed by atoms with Crippen molar-refractivity contribution >= 4 is 0 Å². The SMILES string of the molecule is Cc1nc(-c2ccc(F)c(F)c2)ccc1Cn1cccn1. The van der Waals surface area contributed by atoms with Gasteiger partial charge in [-0.3, -0.25) is 9.67 Å². The average molecular weight is 285 g/mol. The number of rotatable bonds is 3. The number of hydrogen-bond acceptors (Lipinski definition) is 2. The van der Waals surface area contributed by atoms with Gasteiger partial charge in [0.1, 0.15) is 0 Å². The highest BCUT2D eigenvalue weighted by Gasteiger charge is 2.08. The van der Waals surface area contributed by atoms with Gasteiger partial charge in [0, 0.05) is 23.7 Å². The van der Waals surface area contributed by atoms with E-state index in [4.69, 9.17) is 0 Å². The van der Waals surface area contributed by atoms with E-state index in [2.05, 4.69) is 10.1 Å². The molecule has 0 saturated heterocycles. The fraction of sp³-hybridized carbons (Fsp3) is 0.125. The molecule has 0 aliphatic carbocycles. The largest absolute Gasteiger partial charge is 0.268 e. The second-order valence-corrected chi connectivity index (χ2v) is 4.77. The lowest BCUT2D eigenvalue weighted by Crippen LogP contribution is -2.03. The van der Waals surface area contributed by atoms with Gasteiger partial charge in [-0.15, -0.1) is 0 Å². The first-order chi connectivity index (χ1) is 10.1. The predicted octanol–water partition coefficient (Wildman–Crippen LogP) is 3.58. The van der Waals surface area contributed by atoms with Gasteiger partial charge in [0.15, 0.2) is 11.6 Å². The highest BCUT2D eigenvalue weighted by Crippen LogP contribution is 2.21. The van der Waals surface area contributed by atoms with E-state index in [0.29, 0.717) is 17.8 Å². The Balaban J connectivity index is 1.91. The highest BCUT2D eigenvalue weighted by molar-refractivity contribution is 5.59. The Morgan fingerprint density at radius 2 is 1.95 bits per heavy atom. The molecule has 5 heteroatoms. The zero-order valence-corrected chi connectivity index (χ0v) is 11.4. The molecule has 2 heterocycles. The molecule has 0 atom stereocenters. The molecule has 0 amide bonds. The molecular weight excluding hydrogens is 272 g/mol. The zero-order valence-electron chi connectivity index (χ0n) is 11.4. The van der Waals surface area contributed by atoms with Gasteiger partial charge in [-0.05, 0) is 42.8 Å². The van der Waals surface area contributed by atoms with E-state index in [1.165, 1.54) is 6.07 Å². The van der Waals surface area contributed by atoms with Crippen molar-refractivity contribution in [2.45, 2.75) is 13.5 Å². The molecule has 0 bridgehead atoms. The molecule has 3 aromatic rings. The molecule has 0 radical (unpaired) electrons. The van der Waals surface area contributed by atoms with Crippen LogP contribution in [0.4, 0.5) is 8.78 Å². The standard InChI is InChI=1S/C16H13F2N3/c1-11-13(10-21-8-2-7-19-21)4-6-16(20-11)12-3-5-14(17)15(18)9-12/h2-9H,10H2,1H3. The summed E-state index contributed by atoms with van der Waals surface area (Å²) in [6, 6.07) is 9.38. The highest BCUT2D eigenvalue weighted by atomic mass is 19.2. The van der Waals surface area contributed by atoms with Crippen molar-refractivity contribution in [1.29, 1.82) is 0 Å². The van der Waals surface area contributed by atoms with Crippen LogP contribution in [0.25, 0.3) is 11.3 Å². The van der Waals surface area contributed by atoms with Gasteiger partial charge in [0.05, 0.1) is 12.2 Å². The lowest BCUT2D eigenvalue weighted by molar-refractivity contribution is 0.509. The molecule has 2 aromatic heterocycles. The smallest absolute Gasteiger partial charge is 0.159 e. The first-order valence-electron chi connectivity index (χ1n) is 6.53. The van der Waals surface area contributed by atoms with Crippen LogP contribution >= 0.6 is 0 Å². The molecular formula is C16H13F2N3. The van der Waals surface area contributed by atoms with Crippen LogP contribution in [0.15, 0.2) is 48.8 Å². The van der Waals surface area contributed by atoms with Crippen molar-refractivity contribution < 1.29 is 8.78 Å². The van der Waals surface area contributed by atoms with E-state index in [0.717, 1.165) is 23.4 Å². The van der Waals surface area contributed by atoms with E-state index < -0.39 is 11.6 Å². The normalized spacial score (nSPS) is 10.8. The van der Waals surface area contributed by atoms with E-state index in [9.17, 15) is 8.78 Å². The van der Waals surface area contributed by atoms with E-state index in [-0.39, 0.29) is 0 Å². The van der Waals surface area contributed by atoms with Crippen LogP contribution in [0.5, 0.6) is 0 Å². The quantitative estimate of drug-likeness (QED) is 0.736. The summed E-state index contributed by atoms with van der Waals surface area (Å²) in [4.78, 5) is 4.46. The summed E-state index contributed by atoms with van der Waals surface area (Å²) in [5.74, 6) is -1.72. The topological polar surface area (TPSA) is 30.7 Å². The maximum Gasteiger partial charge on any atom is 0.159 e. The molecule has 3 rings (SSSR count). The van der Waals surface area contributed by atoms with Crippen LogP contribution in [0.1, 0.15) is 11.3 Å². The third kappa shape index (κ3) is 2.81. The van der Waals surface area contributed by atoms with Gasteiger partial charge in [-0.1, -0.05) is 6.07 Å². The van der Waals surface area contributed by atoms with Crippen molar-refractivity contribution in [3.63, 3.8) is 0 Å². The molecule has 3 nitrogen and oxygen atoms in total. The molecule has 0 spiro atoms. The number of aromatic nitrogens is 3. The molecule has 0 N–H and O–H groups in total. The molecule has 1 aromatic carbocycles. The van der Waals surface area contributed by atoms with Gasteiger partial charge >= 0.3 is 0 Å². The summed E-state index contributed by atoms with van der Waals surface area (Å²) in [7, 11) is 0. The maximum absolute atomic E-state index is 13.3. The Kier molecular flexibility index (Phi) is 3.48. The van der Waals surface area contributed by atoms with Crippen LogP contribution in [0.2, 0.25) is 0 Å². The second kappa shape index (κ2) is 5.44. The lowest BCUT2D eigenvalue weighted by atomic mass is 10.1. The van der Waals surface area contributed by atoms with Crippen molar-refractivity contribution in [2.75, 3.05) is 0 Å². The molecule has 106 valence electrons. The molecule has 0 saturated carbocycles. The van der Waals surface area contributed by atoms with Gasteiger partial charge < -0.3 is 0 Å². The van der Waals surface area contributed by atoms with Crippen LogP contribution in [0.3, 0.4) is 0 Å². The van der Waals surface area contributed by atoms with Gasteiger partial charge in [0.2, 0.25) is 0 Å². The summed E-state index contributed by atoms with van der Waals surface area (Å²) in [6.07, 6.45) is 3.60. The van der Waals surface area contributed by atoms with Crippen molar-refractivity contribution in [2.24, 2.45) is 0 Å². The summed E-state index contributed by atoms with van der Waals surface area (Å²) < 4.78 is 28.1. The minimum atomic E-state index is -0.868. The Hall–Kier alpha value is -2.56. The maximum atomic E-state index is 13.3. The number of nitrogens with zero attached hydrogens (tertiary/aromatic N) is 3. The van der Waals surface area contributed by atoms with E-state index in [1.54, 1.807) is 16.9 Å². The monoisotopic (exact) mass is 285 g/mol. The van der Waals surface area contributed by atoms with E-state index >= 15 is 0 Å². The third-order valence-corrected chi connectivity index (χ3v) is 3.30. The van der Waals surface area contributed by atoms with Gasteiger partial charge in [0.25, 0.3) is 0 Å². The number of hydrogen-bond donors (Lipinski definition) is 0. The predicted molar refractivity (Wildman–Crippen MR) is 75.7 cm³/mol. The zero-order chi connectivity index (χ0) is 14.8. The Morgan fingerprint density at radius 3 is 2.62 bits per heavy atom. The number of pyridine rings is 1. The third-order valence-electron chi connectivity index (χ3n) is 3.30. The minimum absolute atomic E-state index is 0.558. The van der Waals surface area contributed by atoms with Gasteiger partial charge in [-0.2, -0.15) is 5.10 Å². The number of aryl methyl sites for hydroxylation is 1. The van der Waals surface area contributed by atoms with Crippen LogP contribution in [-0.2, 0) is 6.54 Å². The first kappa shape index (κ1) is 13.4. The van der Waals surface area contributed by atoms with Crippen LogP contribution in [-0.4, -0.2) is 14.8 Å². The average Bonchev–Trinajstić information content (AvgIpc) is 2.97. The lowest BCUT2D eigenvalue weighted by Gasteiger charge is -2.08. The van der Waals surface area contributed by atoms with Crippen LogP contribution < -0.4 is 0 Å².